The molecule has 2 aromatic carbocycles. The minimum atomic E-state index is -0.381. The maximum absolute atomic E-state index is 12.0. The highest BCUT2D eigenvalue weighted by molar-refractivity contribution is 5.85. The molecule has 3 rings (SSSR count). The Balaban J connectivity index is 1.57. The van der Waals surface area contributed by atoms with E-state index in [0.717, 1.165) is 31.6 Å². The summed E-state index contributed by atoms with van der Waals surface area (Å²) in [6.45, 7) is 8.76. The molecule has 4 heteroatoms. The predicted molar refractivity (Wildman–Crippen MR) is 107 cm³/mol. The molecule has 2 aromatic rings. The number of ether oxygens (including phenoxy) is 1. The van der Waals surface area contributed by atoms with Crippen LogP contribution in [0.25, 0.3) is 0 Å². The maximum atomic E-state index is 12.0. The fourth-order valence-corrected chi connectivity index (χ4v) is 3.12. The first-order valence-corrected chi connectivity index (χ1v) is 9.26. The summed E-state index contributed by atoms with van der Waals surface area (Å²) in [6.07, 6.45) is 1.46. The molecule has 0 aliphatic carbocycles. The number of hydrogen-bond acceptors (Lipinski definition) is 3. The second-order valence-corrected chi connectivity index (χ2v) is 8.07. The normalized spacial score (nSPS) is 13.4. The Bertz CT molecular complexity index is 750. The molecule has 138 valence electrons. The van der Waals surface area contributed by atoms with E-state index < -0.39 is 0 Å². The van der Waals surface area contributed by atoms with Gasteiger partial charge in [0.2, 0.25) is 0 Å². The quantitative estimate of drug-likeness (QED) is 0.801. The van der Waals surface area contributed by atoms with E-state index in [1.165, 1.54) is 16.8 Å². The molecule has 0 atom stereocenters. The summed E-state index contributed by atoms with van der Waals surface area (Å²) in [7, 11) is 0. The smallest absolute Gasteiger partial charge is 0.411 e. The van der Waals surface area contributed by atoms with Crippen LogP contribution in [0.2, 0.25) is 0 Å². The zero-order chi connectivity index (χ0) is 18.6. The Hall–Kier alpha value is -2.49. The van der Waals surface area contributed by atoms with E-state index in [-0.39, 0.29) is 11.5 Å². The molecule has 26 heavy (non-hydrogen) atoms. The van der Waals surface area contributed by atoms with E-state index in [1.807, 2.05) is 12.1 Å². The van der Waals surface area contributed by atoms with E-state index >= 15 is 0 Å². The Labute approximate surface area is 156 Å². The molecule has 0 bridgehead atoms. The Morgan fingerprint density at radius 1 is 1.15 bits per heavy atom. The van der Waals surface area contributed by atoms with Crippen molar-refractivity contribution in [2.24, 2.45) is 5.41 Å². The van der Waals surface area contributed by atoms with Crippen LogP contribution in [0.15, 0.2) is 48.5 Å². The average Bonchev–Trinajstić information content (AvgIpc) is 2.97. The van der Waals surface area contributed by atoms with Crippen molar-refractivity contribution < 1.29 is 9.53 Å². The van der Waals surface area contributed by atoms with Gasteiger partial charge >= 0.3 is 6.09 Å². The number of nitrogens with one attached hydrogen (secondary N) is 1. The molecule has 0 spiro atoms. The van der Waals surface area contributed by atoms with Gasteiger partial charge in [-0.25, -0.2) is 4.79 Å². The van der Waals surface area contributed by atoms with Crippen molar-refractivity contribution in [3.05, 3.63) is 59.7 Å². The largest absolute Gasteiger partial charge is 0.449 e. The van der Waals surface area contributed by atoms with Gasteiger partial charge in [-0.2, -0.15) is 0 Å². The summed E-state index contributed by atoms with van der Waals surface area (Å²) in [5.41, 5.74) is 4.79. The van der Waals surface area contributed by atoms with E-state index in [1.54, 1.807) is 0 Å². The van der Waals surface area contributed by atoms with Crippen molar-refractivity contribution in [3.63, 3.8) is 0 Å². The molecule has 0 saturated carbocycles. The van der Waals surface area contributed by atoms with Gasteiger partial charge < -0.3 is 9.64 Å². The molecule has 0 radical (unpaired) electrons. The molecular formula is C22H28N2O2. The summed E-state index contributed by atoms with van der Waals surface area (Å²) >= 11 is 0. The molecule has 1 N–H and O–H groups in total. The van der Waals surface area contributed by atoms with E-state index in [0.29, 0.717) is 6.61 Å². The number of benzene rings is 2. The van der Waals surface area contributed by atoms with Crippen molar-refractivity contribution in [2.45, 2.75) is 40.2 Å². The van der Waals surface area contributed by atoms with Crippen LogP contribution in [0.3, 0.4) is 0 Å². The monoisotopic (exact) mass is 352 g/mol. The maximum Gasteiger partial charge on any atom is 0.411 e. The second-order valence-electron chi connectivity index (χ2n) is 8.07. The third kappa shape index (κ3) is 5.01. The molecule has 1 amide bonds. The van der Waals surface area contributed by atoms with Gasteiger partial charge in [0.25, 0.3) is 0 Å². The van der Waals surface area contributed by atoms with Crippen LogP contribution >= 0.6 is 0 Å². The van der Waals surface area contributed by atoms with Crippen molar-refractivity contribution in [1.29, 1.82) is 0 Å². The van der Waals surface area contributed by atoms with E-state index in [2.05, 4.69) is 67.4 Å². The van der Waals surface area contributed by atoms with Crippen molar-refractivity contribution in [3.8, 4) is 0 Å². The van der Waals surface area contributed by atoms with Crippen LogP contribution in [0.5, 0.6) is 0 Å². The number of amides is 1. The van der Waals surface area contributed by atoms with Gasteiger partial charge in [0.15, 0.2) is 0 Å². The first kappa shape index (κ1) is 18.3. The molecule has 4 nitrogen and oxygen atoms in total. The lowest BCUT2D eigenvalue weighted by atomic mass is 9.93. The molecule has 1 heterocycles. The third-order valence-corrected chi connectivity index (χ3v) is 4.62. The summed E-state index contributed by atoms with van der Waals surface area (Å²) in [5.74, 6) is 0. The standard InChI is InChI=1S/C22H28N2O2/c1-22(2,3)12-14-26-21(25)23-19-9-10-20-18(15-19)11-13-24(20)16-17-7-5-4-6-8-17/h4-10,15H,11-14,16H2,1-3H3,(H,23,25). The zero-order valence-corrected chi connectivity index (χ0v) is 15.9. The highest BCUT2D eigenvalue weighted by Crippen LogP contribution is 2.31. The summed E-state index contributed by atoms with van der Waals surface area (Å²) in [6, 6.07) is 16.6. The van der Waals surface area contributed by atoms with Crippen LogP contribution in [-0.2, 0) is 17.7 Å². The van der Waals surface area contributed by atoms with Gasteiger partial charge in [0.1, 0.15) is 0 Å². The summed E-state index contributed by atoms with van der Waals surface area (Å²) in [4.78, 5) is 14.3. The zero-order valence-electron chi connectivity index (χ0n) is 15.9. The van der Waals surface area contributed by atoms with Crippen molar-refractivity contribution in [1.82, 2.24) is 0 Å². The number of fused-ring (bicyclic) bond motifs is 1. The molecule has 0 unspecified atom stereocenters. The van der Waals surface area contributed by atoms with Crippen LogP contribution in [0.4, 0.5) is 16.2 Å². The minimum Gasteiger partial charge on any atom is -0.449 e. The van der Waals surface area contributed by atoms with E-state index in [9.17, 15) is 4.79 Å². The van der Waals surface area contributed by atoms with Gasteiger partial charge in [-0.1, -0.05) is 51.1 Å². The van der Waals surface area contributed by atoms with Crippen LogP contribution < -0.4 is 10.2 Å². The lowest BCUT2D eigenvalue weighted by Crippen LogP contribution is -2.19. The fraction of sp³-hybridized carbons (Fsp3) is 0.409. The Morgan fingerprint density at radius 3 is 2.65 bits per heavy atom. The topological polar surface area (TPSA) is 41.6 Å². The number of carbonyl (C=O) groups is 1. The van der Waals surface area contributed by atoms with Crippen LogP contribution in [0, 0.1) is 5.41 Å². The number of carbonyl (C=O) groups excluding carboxylic acids is 1. The molecule has 0 aromatic heterocycles. The fourth-order valence-electron chi connectivity index (χ4n) is 3.12. The van der Waals surface area contributed by atoms with Crippen LogP contribution in [0.1, 0.15) is 38.3 Å². The number of hydrogen-bond donors (Lipinski definition) is 1. The lowest BCUT2D eigenvalue weighted by molar-refractivity contribution is 0.145. The van der Waals surface area contributed by atoms with Gasteiger partial charge in [0.05, 0.1) is 6.61 Å². The highest BCUT2D eigenvalue weighted by Gasteiger charge is 2.20. The number of nitrogens with zero attached hydrogens (tertiary/aromatic N) is 1. The van der Waals surface area contributed by atoms with Gasteiger partial charge in [-0.15, -0.1) is 0 Å². The van der Waals surface area contributed by atoms with E-state index in [4.69, 9.17) is 4.74 Å². The first-order valence-electron chi connectivity index (χ1n) is 9.26. The molecular weight excluding hydrogens is 324 g/mol. The van der Waals surface area contributed by atoms with Crippen LogP contribution in [-0.4, -0.2) is 19.2 Å². The second kappa shape index (κ2) is 7.81. The average molecular weight is 352 g/mol. The number of anilines is 2. The van der Waals surface area contributed by atoms with Crippen molar-refractivity contribution >= 4 is 17.5 Å². The molecule has 0 saturated heterocycles. The van der Waals surface area contributed by atoms with Gasteiger partial charge in [-0.3, -0.25) is 5.32 Å². The Kier molecular flexibility index (Phi) is 5.50. The first-order chi connectivity index (χ1) is 12.4. The summed E-state index contributed by atoms with van der Waals surface area (Å²) in [5, 5.41) is 2.84. The van der Waals surface area contributed by atoms with Crippen molar-refractivity contribution in [2.75, 3.05) is 23.4 Å². The van der Waals surface area contributed by atoms with Gasteiger partial charge in [0, 0.05) is 24.5 Å². The Morgan fingerprint density at radius 2 is 1.92 bits per heavy atom. The third-order valence-electron chi connectivity index (χ3n) is 4.62. The lowest BCUT2D eigenvalue weighted by Gasteiger charge is -2.20. The molecule has 0 fully saturated rings. The molecule has 1 aliphatic heterocycles. The van der Waals surface area contributed by atoms with Gasteiger partial charge in [-0.05, 0) is 47.6 Å². The highest BCUT2D eigenvalue weighted by atomic mass is 16.5. The predicted octanol–water partition coefficient (Wildman–Crippen LogP) is 5.23. The SMILES string of the molecule is CC(C)(C)CCOC(=O)Nc1ccc2c(c1)CCN2Cc1ccccc1. The number of rotatable bonds is 5. The minimum absolute atomic E-state index is 0.163. The summed E-state index contributed by atoms with van der Waals surface area (Å²) < 4.78 is 5.28. The molecule has 1 aliphatic rings.